The fraction of sp³-hybridized carbons (Fsp3) is 0.323. The normalized spacial score (nSPS) is 20.8. The molecule has 0 saturated carbocycles. The molecule has 45 heavy (non-hydrogen) atoms. The standard InChI is InChI=1S/C31H31BrCl2N4O6S/c1-19(2)35-18-28-37(45(43,44)27-13-12-23(33)15-24(27)34)17-26(36(31(41)42)16-21-6-4-3-5-7-21)30(40)38(28)25(29(35)39)14-20-8-10-22(32)11-9-20/h3-13,15,19,25-26,28H,14,16-18H2,1-2H3,(H,41,42). The highest BCUT2D eigenvalue weighted by molar-refractivity contribution is 9.10. The van der Waals surface area contributed by atoms with E-state index >= 15 is 0 Å². The van der Waals surface area contributed by atoms with Crippen molar-refractivity contribution in [3.05, 3.63) is 98.4 Å². The molecular formula is C31H31BrCl2N4O6S. The first-order valence-corrected chi connectivity index (χ1v) is 17.2. The van der Waals surface area contributed by atoms with Crippen LogP contribution in [-0.4, -0.2) is 87.8 Å². The van der Waals surface area contributed by atoms with Crippen molar-refractivity contribution < 1.29 is 27.9 Å². The number of sulfonamides is 1. The number of carbonyl (C=O) groups excluding carboxylic acids is 2. The molecule has 0 radical (unpaired) electrons. The second kappa shape index (κ2) is 13.3. The monoisotopic (exact) mass is 736 g/mol. The van der Waals surface area contributed by atoms with Crippen LogP contribution < -0.4 is 0 Å². The summed E-state index contributed by atoms with van der Waals surface area (Å²) in [7, 11) is -4.45. The van der Waals surface area contributed by atoms with Crippen molar-refractivity contribution >= 4 is 67.1 Å². The molecule has 2 saturated heterocycles. The lowest BCUT2D eigenvalue weighted by Gasteiger charge is -2.55. The molecule has 3 amide bonds. The van der Waals surface area contributed by atoms with Gasteiger partial charge in [0.2, 0.25) is 21.8 Å². The van der Waals surface area contributed by atoms with Crippen molar-refractivity contribution in [2.75, 3.05) is 13.1 Å². The smallest absolute Gasteiger partial charge is 0.408 e. The average Bonchev–Trinajstić information content (AvgIpc) is 2.98. The van der Waals surface area contributed by atoms with E-state index < -0.39 is 46.8 Å². The lowest BCUT2D eigenvalue weighted by atomic mass is 9.96. The maximum Gasteiger partial charge on any atom is 0.408 e. The van der Waals surface area contributed by atoms with E-state index in [0.717, 1.165) is 19.2 Å². The van der Waals surface area contributed by atoms with Gasteiger partial charge in [-0.1, -0.05) is 81.6 Å². The third-order valence-corrected chi connectivity index (χ3v) is 11.2. The molecule has 2 heterocycles. The fourth-order valence-electron chi connectivity index (χ4n) is 5.83. The molecule has 0 aromatic heterocycles. The number of rotatable bonds is 8. The number of carbonyl (C=O) groups is 3. The zero-order valence-electron chi connectivity index (χ0n) is 24.4. The number of halogens is 3. The van der Waals surface area contributed by atoms with Gasteiger partial charge >= 0.3 is 6.09 Å². The molecule has 5 rings (SSSR count). The Kier molecular flexibility index (Phi) is 9.81. The summed E-state index contributed by atoms with van der Waals surface area (Å²) in [6.45, 7) is 2.87. The van der Waals surface area contributed by atoms with Crippen molar-refractivity contribution in [3.63, 3.8) is 0 Å². The summed E-state index contributed by atoms with van der Waals surface area (Å²) in [5.41, 5.74) is 1.35. The van der Waals surface area contributed by atoms with E-state index in [9.17, 15) is 27.9 Å². The summed E-state index contributed by atoms with van der Waals surface area (Å²) in [5, 5.41) is 10.5. The van der Waals surface area contributed by atoms with Gasteiger partial charge in [0.25, 0.3) is 0 Å². The average molecular weight is 738 g/mol. The Labute approximate surface area is 280 Å². The number of amides is 3. The first-order valence-electron chi connectivity index (χ1n) is 14.2. The molecule has 0 bridgehead atoms. The predicted octanol–water partition coefficient (Wildman–Crippen LogP) is 5.33. The summed E-state index contributed by atoms with van der Waals surface area (Å²) in [6, 6.07) is 17.1. The molecule has 10 nitrogen and oxygen atoms in total. The number of hydrogen-bond acceptors (Lipinski definition) is 5. The third-order valence-electron chi connectivity index (χ3n) is 8.07. The highest BCUT2D eigenvalue weighted by Gasteiger charge is 2.55. The quantitative estimate of drug-likeness (QED) is 0.334. The van der Waals surface area contributed by atoms with Crippen LogP contribution >= 0.6 is 39.1 Å². The van der Waals surface area contributed by atoms with Crippen LogP contribution in [0.3, 0.4) is 0 Å². The fourth-order valence-corrected chi connectivity index (χ4v) is 8.42. The van der Waals surface area contributed by atoms with E-state index in [1.54, 1.807) is 35.2 Å². The number of hydrogen-bond donors (Lipinski definition) is 1. The van der Waals surface area contributed by atoms with Gasteiger partial charge in [-0.3, -0.25) is 14.5 Å². The van der Waals surface area contributed by atoms with Crippen molar-refractivity contribution in [2.24, 2.45) is 0 Å². The minimum atomic E-state index is -4.45. The summed E-state index contributed by atoms with van der Waals surface area (Å²) >= 11 is 15.9. The van der Waals surface area contributed by atoms with E-state index in [4.69, 9.17) is 23.2 Å². The molecule has 1 N–H and O–H groups in total. The van der Waals surface area contributed by atoms with Gasteiger partial charge in [-0.2, -0.15) is 4.31 Å². The van der Waals surface area contributed by atoms with Crippen molar-refractivity contribution in [1.29, 1.82) is 0 Å². The van der Waals surface area contributed by atoms with Gasteiger partial charge in [-0.15, -0.1) is 0 Å². The largest absolute Gasteiger partial charge is 0.465 e. The highest BCUT2D eigenvalue weighted by Crippen LogP contribution is 2.36. The van der Waals surface area contributed by atoms with Gasteiger partial charge in [-0.25, -0.2) is 13.2 Å². The zero-order chi connectivity index (χ0) is 32.6. The second-order valence-corrected chi connectivity index (χ2v) is 14.8. The number of carboxylic acid groups (broad SMARTS) is 1. The van der Waals surface area contributed by atoms with Crippen molar-refractivity contribution in [3.8, 4) is 0 Å². The highest BCUT2D eigenvalue weighted by atomic mass is 79.9. The molecule has 3 unspecified atom stereocenters. The molecule has 238 valence electrons. The Balaban J connectivity index is 1.66. The Bertz CT molecular complexity index is 1710. The first kappa shape index (κ1) is 33.2. The van der Waals surface area contributed by atoms with Crippen LogP contribution in [-0.2, 0) is 32.6 Å². The van der Waals surface area contributed by atoms with Crippen LogP contribution in [0.25, 0.3) is 0 Å². The number of nitrogens with zero attached hydrogens (tertiary/aromatic N) is 4. The van der Waals surface area contributed by atoms with E-state index in [2.05, 4.69) is 15.9 Å². The molecule has 3 atom stereocenters. The van der Waals surface area contributed by atoms with Gasteiger partial charge in [-0.05, 0) is 55.3 Å². The maximum absolute atomic E-state index is 14.5. The van der Waals surface area contributed by atoms with Gasteiger partial charge in [0.1, 0.15) is 23.1 Å². The lowest BCUT2D eigenvalue weighted by molar-refractivity contribution is -0.171. The zero-order valence-corrected chi connectivity index (χ0v) is 28.3. The summed E-state index contributed by atoms with van der Waals surface area (Å²) in [4.78, 5) is 44.7. The summed E-state index contributed by atoms with van der Waals surface area (Å²) in [6.07, 6.45) is -2.45. The van der Waals surface area contributed by atoms with Crippen molar-refractivity contribution in [2.45, 2.75) is 56.0 Å². The molecule has 2 aliphatic rings. The van der Waals surface area contributed by atoms with Gasteiger partial charge in [0, 0.05) is 35.0 Å². The number of benzene rings is 3. The molecule has 3 aromatic rings. The molecule has 2 aliphatic heterocycles. The third kappa shape index (κ3) is 6.71. The van der Waals surface area contributed by atoms with Crippen LogP contribution in [0.1, 0.15) is 25.0 Å². The van der Waals surface area contributed by atoms with E-state index in [1.807, 2.05) is 38.1 Å². The lowest BCUT2D eigenvalue weighted by Crippen LogP contribution is -2.76. The maximum atomic E-state index is 14.5. The van der Waals surface area contributed by atoms with Crippen molar-refractivity contribution in [1.82, 2.24) is 19.0 Å². The second-order valence-electron chi connectivity index (χ2n) is 11.2. The summed E-state index contributed by atoms with van der Waals surface area (Å²) in [5.74, 6) is -1.00. The molecule has 2 fully saturated rings. The van der Waals surface area contributed by atoms with E-state index in [0.29, 0.717) is 5.56 Å². The molecule has 3 aromatic carbocycles. The molecule has 0 aliphatic carbocycles. The van der Waals surface area contributed by atoms with Crippen LogP contribution in [0.15, 0.2) is 82.2 Å². The van der Waals surface area contributed by atoms with Gasteiger partial charge < -0.3 is 14.9 Å². The van der Waals surface area contributed by atoms with Gasteiger partial charge in [0.15, 0.2) is 0 Å². The first-order chi connectivity index (χ1) is 21.3. The minimum absolute atomic E-state index is 0.0889. The van der Waals surface area contributed by atoms with E-state index in [1.165, 1.54) is 23.1 Å². The SMILES string of the molecule is CC(C)N1CC2N(C(=O)C(N(Cc3ccccc3)C(=O)O)CN2S(=O)(=O)c2ccc(Cl)cc2Cl)C(Cc2ccc(Br)cc2)C1=O. The summed E-state index contributed by atoms with van der Waals surface area (Å²) < 4.78 is 30.8. The number of piperazine rings is 1. The van der Waals surface area contributed by atoms with Gasteiger partial charge in [0.05, 0.1) is 11.6 Å². The Morgan fingerprint density at radius 3 is 2.24 bits per heavy atom. The van der Waals surface area contributed by atoms with Crippen LogP contribution in [0.2, 0.25) is 10.0 Å². The molecule has 14 heteroatoms. The number of fused-ring (bicyclic) bond motifs is 1. The Morgan fingerprint density at radius 1 is 0.978 bits per heavy atom. The predicted molar refractivity (Wildman–Crippen MR) is 173 cm³/mol. The Morgan fingerprint density at radius 2 is 1.64 bits per heavy atom. The molecular weight excluding hydrogens is 707 g/mol. The topological polar surface area (TPSA) is 119 Å². The molecule has 0 spiro atoms. The van der Waals surface area contributed by atoms with Crippen LogP contribution in [0.5, 0.6) is 0 Å². The van der Waals surface area contributed by atoms with Crippen LogP contribution in [0, 0.1) is 0 Å². The van der Waals surface area contributed by atoms with Crippen LogP contribution in [0.4, 0.5) is 4.79 Å². The Hall–Kier alpha value is -3.16. The van der Waals surface area contributed by atoms with E-state index in [-0.39, 0.29) is 46.4 Å². The minimum Gasteiger partial charge on any atom is -0.465 e.